The Hall–Kier alpha value is -1.86. The van der Waals surface area contributed by atoms with Crippen LogP contribution in [0.4, 0.5) is 10.7 Å². The van der Waals surface area contributed by atoms with Gasteiger partial charge in [-0.25, -0.2) is 9.69 Å². The number of furan rings is 1. The molecule has 4 fully saturated rings. The van der Waals surface area contributed by atoms with Crippen molar-refractivity contribution in [1.29, 1.82) is 0 Å². The van der Waals surface area contributed by atoms with Gasteiger partial charge in [0.2, 0.25) is 5.88 Å². The summed E-state index contributed by atoms with van der Waals surface area (Å²) in [4.78, 5) is 21.5. The molecule has 4 aliphatic heterocycles. The smallest absolute Gasteiger partial charge is 0.417 e. The highest BCUT2D eigenvalue weighted by atomic mass is 32.1. The maximum atomic E-state index is 12.4. The van der Waals surface area contributed by atoms with Crippen LogP contribution >= 0.6 is 11.3 Å². The van der Waals surface area contributed by atoms with Crippen LogP contribution in [-0.2, 0) is 4.74 Å². The molecule has 120 valence electrons. The molecule has 6 heterocycles. The predicted molar refractivity (Wildman–Crippen MR) is 85.5 cm³/mol. The molecule has 0 aromatic carbocycles. The van der Waals surface area contributed by atoms with Gasteiger partial charge in [0.15, 0.2) is 0 Å². The number of ether oxygens (including phenoxy) is 1. The summed E-state index contributed by atoms with van der Waals surface area (Å²) < 4.78 is 11.7. The highest BCUT2D eigenvalue weighted by Gasteiger charge is 2.56. The minimum atomic E-state index is -0.356. The van der Waals surface area contributed by atoms with E-state index in [-0.39, 0.29) is 11.7 Å². The molecule has 6 rings (SSSR count). The number of hydrogen-bond acceptors (Lipinski definition) is 6. The number of nitrogens with zero attached hydrogens (tertiary/aromatic N) is 3. The highest BCUT2D eigenvalue weighted by Crippen LogP contribution is 2.43. The average Bonchev–Trinajstić information content (AvgIpc) is 3.28. The van der Waals surface area contributed by atoms with Gasteiger partial charge in [-0.2, -0.15) is 0 Å². The van der Waals surface area contributed by atoms with Crippen LogP contribution < -0.4 is 4.90 Å². The van der Waals surface area contributed by atoms with Crippen molar-refractivity contribution in [2.24, 2.45) is 5.92 Å². The number of carbonyl (C=O) groups excluding carboxylic acids is 1. The molecule has 2 aromatic rings. The number of fused-ring (bicyclic) bond motifs is 2. The van der Waals surface area contributed by atoms with E-state index in [2.05, 4.69) is 9.88 Å². The third-order valence-electron chi connectivity index (χ3n) is 5.29. The first-order valence-corrected chi connectivity index (χ1v) is 8.83. The van der Waals surface area contributed by atoms with Crippen molar-refractivity contribution in [3.8, 4) is 10.6 Å². The topological polar surface area (TPSA) is 58.8 Å². The van der Waals surface area contributed by atoms with Gasteiger partial charge >= 0.3 is 6.09 Å². The minimum absolute atomic E-state index is 0.288. The second kappa shape index (κ2) is 4.82. The molecular formula is C16H17N3O3S. The zero-order valence-corrected chi connectivity index (χ0v) is 13.4. The number of rotatable bonds is 2. The number of amides is 1. The van der Waals surface area contributed by atoms with Gasteiger partial charge in [-0.3, -0.25) is 9.88 Å². The Kier molecular flexibility index (Phi) is 2.84. The van der Waals surface area contributed by atoms with E-state index in [4.69, 9.17) is 9.15 Å². The fraction of sp³-hybridized carbons (Fsp3) is 0.500. The van der Waals surface area contributed by atoms with Gasteiger partial charge in [-0.1, -0.05) is 0 Å². The van der Waals surface area contributed by atoms with Crippen molar-refractivity contribution in [3.63, 3.8) is 0 Å². The molecule has 1 unspecified atom stereocenters. The van der Waals surface area contributed by atoms with Gasteiger partial charge in [0, 0.05) is 24.7 Å². The van der Waals surface area contributed by atoms with Crippen LogP contribution in [0.15, 0.2) is 28.3 Å². The molecule has 0 saturated carbocycles. The number of aromatic nitrogens is 1. The Morgan fingerprint density at radius 2 is 2.13 bits per heavy atom. The third-order valence-corrected chi connectivity index (χ3v) is 6.08. The first-order chi connectivity index (χ1) is 11.2. The lowest BCUT2D eigenvalue weighted by molar-refractivity contribution is -0.0881. The molecule has 0 aliphatic carbocycles. The van der Waals surface area contributed by atoms with E-state index in [0.29, 0.717) is 18.3 Å². The van der Waals surface area contributed by atoms with Crippen molar-refractivity contribution >= 4 is 23.3 Å². The number of carbonyl (C=O) groups is 1. The normalized spacial score (nSPS) is 32.7. The van der Waals surface area contributed by atoms with Gasteiger partial charge in [-0.05, 0) is 32.0 Å². The Morgan fingerprint density at radius 1 is 1.26 bits per heavy atom. The maximum absolute atomic E-state index is 12.4. The van der Waals surface area contributed by atoms with Crippen molar-refractivity contribution in [2.45, 2.75) is 18.4 Å². The summed E-state index contributed by atoms with van der Waals surface area (Å²) in [6.45, 7) is 3.69. The Labute approximate surface area is 137 Å². The molecule has 2 aromatic heterocycles. The first kappa shape index (κ1) is 13.6. The van der Waals surface area contributed by atoms with Gasteiger partial charge < -0.3 is 9.15 Å². The van der Waals surface area contributed by atoms with E-state index in [1.165, 1.54) is 11.3 Å². The molecule has 1 amide bonds. The van der Waals surface area contributed by atoms with Crippen LogP contribution in [0.25, 0.3) is 10.6 Å². The Morgan fingerprint density at radius 3 is 2.83 bits per heavy atom. The van der Waals surface area contributed by atoms with Crippen molar-refractivity contribution in [3.05, 3.63) is 23.8 Å². The lowest BCUT2D eigenvalue weighted by Crippen LogP contribution is -2.61. The van der Waals surface area contributed by atoms with E-state index < -0.39 is 0 Å². The molecule has 2 bridgehead atoms. The van der Waals surface area contributed by atoms with Gasteiger partial charge in [0.25, 0.3) is 0 Å². The number of anilines is 1. The number of hydrogen-bond donors (Lipinski definition) is 0. The first-order valence-electron chi connectivity index (χ1n) is 7.95. The van der Waals surface area contributed by atoms with Crippen LogP contribution in [0.1, 0.15) is 12.8 Å². The quantitative estimate of drug-likeness (QED) is 0.847. The molecule has 1 atom stereocenters. The molecule has 23 heavy (non-hydrogen) atoms. The van der Waals surface area contributed by atoms with Crippen LogP contribution in [0, 0.1) is 5.92 Å². The summed E-state index contributed by atoms with van der Waals surface area (Å²) in [5.74, 6) is 1.77. The second-order valence-electron chi connectivity index (χ2n) is 6.57. The minimum Gasteiger partial charge on any atom is -0.439 e. The molecule has 0 N–H and O–H groups in total. The van der Waals surface area contributed by atoms with Crippen molar-refractivity contribution in [1.82, 2.24) is 9.88 Å². The maximum Gasteiger partial charge on any atom is 0.417 e. The van der Waals surface area contributed by atoms with Crippen molar-refractivity contribution in [2.75, 3.05) is 31.1 Å². The molecule has 4 saturated heterocycles. The van der Waals surface area contributed by atoms with Gasteiger partial charge in [-0.15, -0.1) is 11.3 Å². The largest absolute Gasteiger partial charge is 0.439 e. The summed E-state index contributed by atoms with van der Waals surface area (Å²) in [7, 11) is 0. The molecule has 6 nitrogen and oxygen atoms in total. The standard InChI is InChI=1S/C16H17N3O3S/c20-15-19(14-2-1-12(21-14)13-7-17-10-23-13)9-16(22-15)8-18-5-3-11(16)4-6-18/h1-2,7,10-11H,3-6,8-9H2. The summed E-state index contributed by atoms with van der Waals surface area (Å²) in [6, 6.07) is 3.73. The summed E-state index contributed by atoms with van der Waals surface area (Å²) in [6.07, 6.45) is 3.71. The van der Waals surface area contributed by atoms with Crippen LogP contribution in [0.2, 0.25) is 0 Å². The fourth-order valence-electron chi connectivity index (χ4n) is 4.12. The number of piperidine rings is 3. The van der Waals surface area contributed by atoms with Crippen LogP contribution in [0.5, 0.6) is 0 Å². The van der Waals surface area contributed by atoms with E-state index in [1.54, 1.807) is 16.6 Å². The molecular weight excluding hydrogens is 314 g/mol. The predicted octanol–water partition coefficient (Wildman–Crippen LogP) is 2.82. The molecule has 4 aliphatic rings. The SMILES string of the molecule is O=C1OC2(CN3CCC2CC3)CN1c1ccc(-c2cncs2)o1. The van der Waals surface area contributed by atoms with E-state index in [1.807, 2.05) is 12.1 Å². The van der Waals surface area contributed by atoms with Gasteiger partial charge in [0.1, 0.15) is 11.4 Å². The Bertz CT molecular complexity index is 736. The summed E-state index contributed by atoms with van der Waals surface area (Å²) in [5, 5.41) is 0. The molecule has 7 heteroatoms. The lowest BCUT2D eigenvalue weighted by atomic mass is 9.75. The molecule has 0 radical (unpaired) electrons. The second-order valence-corrected chi connectivity index (χ2v) is 7.46. The number of thiazole rings is 1. The Balaban J connectivity index is 1.43. The third kappa shape index (κ3) is 2.03. The van der Waals surface area contributed by atoms with Crippen molar-refractivity contribution < 1.29 is 13.9 Å². The lowest BCUT2D eigenvalue weighted by Gasteiger charge is -2.49. The highest BCUT2D eigenvalue weighted by molar-refractivity contribution is 7.13. The van der Waals surface area contributed by atoms with Gasteiger partial charge in [0.05, 0.1) is 16.9 Å². The summed E-state index contributed by atoms with van der Waals surface area (Å²) >= 11 is 1.52. The average molecular weight is 331 g/mol. The zero-order chi connectivity index (χ0) is 15.4. The zero-order valence-electron chi connectivity index (χ0n) is 12.6. The van der Waals surface area contributed by atoms with E-state index in [9.17, 15) is 4.79 Å². The van der Waals surface area contributed by atoms with Crippen LogP contribution in [-0.4, -0.2) is 47.8 Å². The van der Waals surface area contributed by atoms with E-state index in [0.717, 1.165) is 43.1 Å². The summed E-state index contributed by atoms with van der Waals surface area (Å²) in [5.41, 5.74) is 1.41. The van der Waals surface area contributed by atoms with Crippen LogP contribution in [0.3, 0.4) is 0 Å². The van der Waals surface area contributed by atoms with E-state index >= 15 is 0 Å². The monoisotopic (exact) mass is 331 g/mol. The molecule has 1 spiro atoms. The fourth-order valence-corrected chi connectivity index (χ4v) is 4.71.